The van der Waals surface area contributed by atoms with Crippen molar-refractivity contribution in [3.05, 3.63) is 18.6 Å². The first-order valence-electron chi connectivity index (χ1n) is 3.84. The third kappa shape index (κ3) is 1.53. The summed E-state index contributed by atoms with van der Waals surface area (Å²) in [5.74, 6) is 0.882. The maximum absolute atomic E-state index is 5.66. The molecule has 0 unspecified atom stereocenters. The Balaban J connectivity index is 2.46. The van der Waals surface area contributed by atoms with Gasteiger partial charge >= 0.3 is 0 Å². The van der Waals surface area contributed by atoms with Crippen molar-refractivity contribution in [3.8, 4) is 5.82 Å². The van der Waals surface area contributed by atoms with Crippen LogP contribution in [0.25, 0.3) is 5.82 Å². The minimum atomic E-state index is 0.315. The van der Waals surface area contributed by atoms with Crippen LogP contribution >= 0.6 is 11.8 Å². The van der Waals surface area contributed by atoms with E-state index in [2.05, 4.69) is 20.1 Å². The Kier molecular flexibility index (Phi) is 2.32. The lowest BCUT2D eigenvalue weighted by atomic mass is 10.6. The highest BCUT2D eigenvalue weighted by Gasteiger charge is 2.08. The third-order valence-electron chi connectivity index (χ3n) is 1.56. The summed E-state index contributed by atoms with van der Waals surface area (Å²) >= 11 is 1.43. The van der Waals surface area contributed by atoms with E-state index in [0.29, 0.717) is 16.9 Å². The van der Waals surface area contributed by atoms with Crippen LogP contribution in [0.3, 0.4) is 0 Å². The van der Waals surface area contributed by atoms with Gasteiger partial charge < -0.3 is 5.73 Å². The summed E-state index contributed by atoms with van der Waals surface area (Å²) in [5, 5.41) is 4.76. The zero-order valence-corrected chi connectivity index (χ0v) is 8.27. The molecule has 0 saturated carbocycles. The summed E-state index contributed by atoms with van der Waals surface area (Å²) < 4.78 is 1.46. The molecule has 0 bridgehead atoms. The van der Waals surface area contributed by atoms with Gasteiger partial charge in [-0.3, -0.25) is 4.98 Å². The van der Waals surface area contributed by atoms with Gasteiger partial charge in [0.05, 0.1) is 6.20 Å². The van der Waals surface area contributed by atoms with E-state index in [1.54, 1.807) is 18.6 Å². The molecular weight excluding hydrogens is 200 g/mol. The van der Waals surface area contributed by atoms with Gasteiger partial charge in [-0.15, -0.1) is 5.10 Å². The molecule has 2 N–H and O–H groups in total. The number of hydrogen-bond donors (Lipinski definition) is 1. The van der Waals surface area contributed by atoms with Gasteiger partial charge in [-0.2, -0.15) is 9.67 Å². The maximum Gasteiger partial charge on any atom is 0.225 e. The average molecular weight is 208 g/mol. The lowest BCUT2D eigenvalue weighted by Crippen LogP contribution is -2.04. The molecule has 0 saturated heterocycles. The SMILES string of the molecule is CSc1nc(N)n(-c2cnccn2)n1. The number of nitrogen functional groups attached to an aromatic ring is 1. The number of aromatic nitrogens is 5. The second kappa shape index (κ2) is 3.62. The molecule has 0 aliphatic carbocycles. The number of rotatable bonds is 2. The van der Waals surface area contributed by atoms with Crippen molar-refractivity contribution in [2.45, 2.75) is 5.16 Å². The molecule has 2 aromatic heterocycles. The summed E-state index contributed by atoms with van der Waals surface area (Å²) in [6.07, 6.45) is 6.63. The minimum absolute atomic E-state index is 0.315. The second-order valence-corrected chi connectivity index (χ2v) is 3.21. The second-order valence-electron chi connectivity index (χ2n) is 2.43. The highest BCUT2D eigenvalue weighted by molar-refractivity contribution is 7.98. The molecule has 0 spiro atoms. The molecule has 14 heavy (non-hydrogen) atoms. The molecule has 2 aromatic rings. The van der Waals surface area contributed by atoms with Gasteiger partial charge in [-0.1, -0.05) is 11.8 Å². The summed E-state index contributed by atoms with van der Waals surface area (Å²) in [4.78, 5) is 12.0. The Bertz CT molecular complexity index is 425. The molecule has 0 aliphatic heterocycles. The van der Waals surface area contributed by atoms with Gasteiger partial charge in [0.1, 0.15) is 0 Å². The predicted molar refractivity (Wildman–Crippen MR) is 53.1 cm³/mol. The van der Waals surface area contributed by atoms with Crippen LogP contribution in [-0.2, 0) is 0 Å². The van der Waals surface area contributed by atoms with Crippen molar-refractivity contribution in [2.75, 3.05) is 12.0 Å². The Morgan fingerprint density at radius 3 is 2.86 bits per heavy atom. The molecule has 2 rings (SSSR count). The number of nitrogens with zero attached hydrogens (tertiary/aromatic N) is 5. The van der Waals surface area contributed by atoms with E-state index in [1.165, 1.54) is 16.4 Å². The molecule has 0 aromatic carbocycles. The quantitative estimate of drug-likeness (QED) is 0.717. The smallest absolute Gasteiger partial charge is 0.225 e. The number of anilines is 1. The van der Waals surface area contributed by atoms with Gasteiger partial charge in [-0.25, -0.2) is 4.98 Å². The molecule has 0 atom stereocenters. The first kappa shape index (κ1) is 8.95. The fourth-order valence-corrected chi connectivity index (χ4v) is 1.31. The summed E-state index contributed by atoms with van der Waals surface area (Å²) in [6.45, 7) is 0. The summed E-state index contributed by atoms with van der Waals surface area (Å²) in [7, 11) is 0. The first-order valence-corrected chi connectivity index (χ1v) is 5.06. The van der Waals surface area contributed by atoms with Gasteiger partial charge in [0.25, 0.3) is 0 Å². The molecule has 0 fully saturated rings. The highest BCUT2D eigenvalue weighted by Crippen LogP contribution is 2.13. The van der Waals surface area contributed by atoms with Gasteiger partial charge in [0.15, 0.2) is 5.82 Å². The van der Waals surface area contributed by atoms with Crippen LogP contribution in [0, 0.1) is 0 Å². The average Bonchev–Trinajstić information content (AvgIpc) is 2.61. The Morgan fingerprint density at radius 2 is 2.29 bits per heavy atom. The molecule has 7 heteroatoms. The monoisotopic (exact) mass is 208 g/mol. The first-order chi connectivity index (χ1) is 6.81. The largest absolute Gasteiger partial charge is 0.368 e. The van der Waals surface area contributed by atoms with Crippen molar-refractivity contribution in [1.82, 2.24) is 24.7 Å². The van der Waals surface area contributed by atoms with Crippen LogP contribution in [0.2, 0.25) is 0 Å². The highest BCUT2D eigenvalue weighted by atomic mass is 32.2. The lowest BCUT2D eigenvalue weighted by Gasteiger charge is -1.98. The van der Waals surface area contributed by atoms with E-state index >= 15 is 0 Å². The Hall–Kier alpha value is -1.63. The van der Waals surface area contributed by atoms with Gasteiger partial charge in [0, 0.05) is 12.4 Å². The standard InChI is InChI=1S/C7H8N6S/c1-14-7-11-6(8)13(12-7)5-4-9-2-3-10-5/h2-4H,1H3,(H2,8,11,12). The molecular formula is C7H8N6S. The maximum atomic E-state index is 5.66. The van der Waals surface area contributed by atoms with Crippen LogP contribution in [0.1, 0.15) is 0 Å². The van der Waals surface area contributed by atoms with Gasteiger partial charge in [0.2, 0.25) is 11.1 Å². The van der Waals surface area contributed by atoms with Gasteiger partial charge in [-0.05, 0) is 6.26 Å². The van der Waals surface area contributed by atoms with E-state index in [9.17, 15) is 0 Å². The number of hydrogen-bond acceptors (Lipinski definition) is 6. The molecule has 6 nitrogen and oxygen atoms in total. The van der Waals surface area contributed by atoms with E-state index in [0.717, 1.165) is 0 Å². The zero-order valence-electron chi connectivity index (χ0n) is 7.45. The van der Waals surface area contributed by atoms with E-state index in [-0.39, 0.29) is 0 Å². The van der Waals surface area contributed by atoms with E-state index in [4.69, 9.17) is 5.73 Å². The molecule has 0 radical (unpaired) electrons. The fraction of sp³-hybridized carbons (Fsp3) is 0.143. The number of nitrogens with two attached hydrogens (primary N) is 1. The summed E-state index contributed by atoms with van der Waals surface area (Å²) in [6, 6.07) is 0. The van der Waals surface area contributed by atoms with Crippen LogP contribution in [-0.4, -0.2) is 31.0 Å². The van der Waals surface area contributed by atoms with Crippen LogP contribution < -0.4 is 5.73 Å². The molecule has 2 heterocycles. The van der Waals surface area contributed by atoms with Crippen molar-refractivity contribution in [1.29, 1.82) is 0 Å². The normalized spacial score (nSPS) is 10.4. The van der Waals surface area contributed by atoms with E-state index < -0.39 is 0 Å². The topological polar surface area (TPSA) is 82.5 Å². The van der Waals surface area contributed by atoms with Crippen molar-refractivity contribution in [2.24, 2.45) is 0 Å². The van der Waals surface area contributed by atoms with Crippen molar-refractivity contribution >= 4 is 17.7 Å². The third-order valence-corrected chi connectivity index (χ3v) is 2.10. The Labute approximate surface area is 84.6 Å². The molecule has 0 aliphatic rings. The molecule has 0 amide bonds. The summed E-state index contributed by atoms with van der Waals surface area (Å²) in [5.41, 5.74) is 5.66. The van der Waals surface area contributed by atoms with Crippen molar-refractivity contribution in [3.63, 3.8) is 0 Å². The van der Waals surface area contributed by atoms with Crippen LogP contribution in [0.15, 0.2) is 23.7 Å². The van der Waals surface area contributed by atoms with Crippen LogP contribution in [0.4, 0.5) is 5.95 Å². The lowest BCUT2D eigenvalue weighted by molar-refractivity contribution is 0.810. The van der Waals surface area contributed by atoms with E-state index in [1.807, 2.05) is 6.26 Å². The fourth-order valence-electron chi connectivity index (χ4n) is 0.960. The Morgan fingerprint density at radius 1 is 1.43 bits per heavy atom. The zero-order chi connectivity index (χ0) is 9.97. The predicted octanol–water partition coefficient (Wildman–Crippen LogP) is 0.361. The number of thioether (sulfide) groups is 1. The van der Waals surface area contributed by atoms with Crippen molar-refractivity contribution < 1.29 is 0 Å². The molecule has 72 valence electrons. The van der Waals surface area contributed by atoms with Crippen LogP contribution in [0.5, 0.6) is 0 Å². The minimum Gasteiger partial charge on any atom is -0.368 e.